The van der Waals surface area contributed by atoms with Crippen molar-refractivity contribution < 1.29 is 36.7 Å². The summed E-state index contributed by atoms with van der Waals surface area (Å²) in [6, 6.07) is -1.07. The van der Waals surface area contributed by atoms with Gasteiger partial charge in [0.1, 0.15) is 17.8 Å². The zero-order chi connectivity index (χ0) is 23.0. The number of ether oxygens (including phenoxy) is 1. The number of likely N-dealkylation sites (tertiary alicyclic amines) is 1. The van der Waals surface area contributed by atoms with Gasteiger partial charge in [-0.2, -0.15) is 13.2 Å². The summed E-state index contributed by atoms with van der Waals surface area (Å²) in [4.78, 5) is 41.5. The van der Waals surface area contributed by atoms with Crippen LogP contribution in [0, 0.1) is 0 Å². The SMILES string of the molecule is CC(C)(C)OC(=O)N1C[C@H](F)C[C@H]1C(=O)N1CC2(CC2)N(C(=O)C(F)(F)F)CC12CC2. The third-order valence-corrected chi connectivity index (χ3v) is 6.62. The molecule has 0 radical (unpaired) electrons. The van der Waals surface area contributed by atoms with E-state index in [4.69, 9.17) is 4.74 Å². The van der Waals surface area contributed by atoms with E-state index in [1.807, 2.05) is 0 Å². The van der Waals surface area contributed by atoms with Crippen molar-refractivity contribution in [2.24, 2.45) is 0 Å². The zero-order valence-electron chi connectivity index (χ0n) is 17.8. The molecular weight excluding hydrogens is 422 g/mol. The number of halogens is 4. The molecule has 0 aromatic heterocycles. The molecule has 0 aromatic rings. The second-order valence-electron chi connectivity index (χ2n) is 10.2. The lowest BCUT2D eigenvalue weighted by molar-refractivity contribution is -0.194. The highest BCUT2D eigenvalue weighted by atomic mass is 19.4. The number of amides is 3. The minimum Gasteiger partial charge on any atom is -0.444 e. The largest absolute Gasteiger partial charge is 0.471 e. The maximum Gasteiger partial charge on any atom is 0.471 e. The fraction of sp³-hybridized carbons (Fsp3) is 0.850. The average Bonchev–Trinajstić information content (AvgIpc) is 3.53. The van der Waals surface area contributed by atoms with Gasteiger partial charge in [-0.25, -0.2) is 9.18 Å². The van der Waals surface area contributed by atoms with Gasteiger partial charge in [-0.05, 0) is 46.5 Å². The molecule has 0 N–H and O–H groups in total. The first-order valence-corrected chi connectivity index (χ1v) is 10.5. The third-order valence-electron chi connectivity index (χ3n) is 6.62. The molecule has 2 aliphatic carbocycles. The Bertz CT molecular complexity index is 801. The van der Waals surface area contributed by atoms with Crippen molar-refractivity contribution in [3.63, 3.8) is 0 Å². The van der Waals surface area contributed by atoms with Crippen LogP contribution in [0.4, 0.5) is 22.4 Å². The van der Waals surface area contributed by atoms with Crippen molar-refractivity contribution >= 4 is 17.9 Å². The van der Waals surface area contributed by atoms with Crippen LogP contribution >= 0.6 is 0 Å². The van der Waals surface area contributed by atoms with Crippen LogP contribution in [0.3, 0.4) is 0 Å². The number of piperazine rings is 1. The molecule has 174 valence electrons. The Morgan fingerprint density at radius 3 is 1.94 bits per heavy atom. The Hall–Kier alpha value is -2.07. The van der Waals surface area contributed by atoms with Gasteiger partial charge >= 0.3 is 18.2 Å². The van der Waals surface area contributed by atoms with Crippen molar-refractivity contribution in [3.8, 4) is 0 Å². The second-order valence-corrected chi connectivity index (χ2v) is 10.2. The summed E-state index contributed by atoms with van der Waals surface area (Å²) in [6.07, 6.45) is -5.64. The standard InChI is InChI=1S/C20H27F4N3O4/c1-17(2,3)31-16(30)25-9-12(21)8-13(25)14(28)26-10-19(6-7-19)27(11-18(26)4-5-18)15(29)20(22,23)24/h12-13H,4-11H2,1-3H3/t12-,13+/m1/s1. The first-order chi connectivity index (χ1) is 14.2. The number of hydrogen-bond donors (Lipinski definition) is 0. The van der Waals surface area contributed by atoms with Crippen molar-refractivity contribution in [3.05, 3.63) is 0 Å². The number of carbonyl (C=O) groups is 3. The maximum atomic E-state index is 14.2. The molecule has 0 bridgehead atoms. The molecule has 0 unspecified atom stereocenters. The lowest BCUT2D eigenvalue weighted by Crippen LogP contribution is -2.67. The summed E-state index contributed by atoms with van der Waals surface area (Å²) >= 11 is 0. The molecule has 2 saturated heterocycles. The van der Waals surface area contributed by atoms with Crippen molar-refractivity contribution in [1.29, 1.82) is 0 Å². The molecule has 2 spiro atoms. The molecule has 2 heterocycles. The molecule has 4 rings (SSSR count). The number of rotatable bonds is 1. The van der Waals surface area contributed by atoms with E-state index >= 15 is 0 Å². The Kier molecular flexibility index (Phi) is 4.79. The average molecular weight is 449 g/mol. The summed E-state index contributed by atoms with van der Waals surface area (Å²) < 4.78 is 58.9. The molecule has 2 atom stereocenters. The zero-order valence-corrected chi connectivity index (χ0v) is 17.8. The summed E-state index contributed by atoms with van der Waals surface area (Å²) in [7, 11) is 0. The van der Waals surface area contributed by atoms with E-state index in [1.54, 1.807) is 20.8 Å². The number of nitrogens with zero attached hydrogens (tertiary/aromatic N) is 3. The Morgan fingerprint density at radius 2 is 1.45 bits per heavy atom. The van der Waals surface area contributed by atoms with E-state index in [9.17, 15) is 31.9 Å². The van der Waals surface area contributed by atoms with Gasteiger partial charge in [0.15, 0.2) is 0 Å². The maximum absolute atomic E-state index is 14.2. The number of hydrogen-bond acceptors (Lipinski definition) is 4. The van der Waals surface area contributed by atoms with Crippen LogP contribution in [0.5, 0.6) is 0 Å². The highest BCUT2D eigenvalue weighted by molar-refractivity contribution is 5.89. The van der Waals surface area contributed by atoms with Gasteiger partial charge in [0, 0.05) is 19.5 Å². The van der Waals surface area contributed by atoms with Crippen LogP contribution in [0.2, 0.25) is 0 Å². The normalized spacial score (nSPS) is 28.8. The molecule has 2 saturated carbocycles. The minimum absolute atomic E-state index is 0.0245. The van der Waals surface area contributed by atoms with Gasteiger partial charge in [0.25, 0.3) is 0 Å². The van der Waals surface area contributed by atoms with Gasteiger partial charge in [0.2, 0.25) is 5.91 Å². The molecule has 0 aromatic carbocycles. The van der Waals surface area contributed by atoms with E-state index in [-0.39, 0.29) is 26.1 Å². The van der Waals surface area contributed by atoms with Crippen LogP contribution in [0.1, 0.15) is 52.9 Å². The molecule has 3 amide bonds. The molecular formula is C20H27F4N3O4. The second kappa shape index (κ2) is 6.71. The summed E-state index contributed by atoms with van der Waals surface area (Å²) in [6.45, 7) is 4.52. The molecule has 7 nitrogen and oxygen atoms in total. The first kappa shape index (κ1) is 22.1. The smallest absolute Gasteiger partial charge is 0.444 e. The quantitative estimate of drug-likeness (QED) is 0.577. The first-order valence-electron chi connectivity index (χ1n) is 10.5. The molecule has 4 fully saturated rings. The summed E-state index contributed by atoms with van der Waals surface area (Å²) in [5.41, 5.74) is -2.72. The number of carbonyl (C=O) groups excluding carboxylic acids is 3. The van der Waals surface area contributed by atoms with Crippen LogP contribution in [0.25, 0.3) is 0 Å². The Labute approximate surface area is 177 Å². The summed E-state index contributed by atoms with van der Waals surface area (Å²) in [5.74, 6) is -2.35. The molecule has 31 heavy (non-hydrogen) atoms. The van der Waals surface area contributed by atoms with Gasteiger partial charge in [-0.1, -0.05) is 0 Å². The van der Waals surface area contributed by atoms with Crippen molar-refractivity contribution in [2.45, 2.75) is 87.9 Å². The van der Waals surface area contributed by atoms with Gasteiger partial charge in [0.05, 0.1) is 17.6 Å². The predicted molar refractivity (Wildman–Crippen MR) is 99.7 cm³/mol. The van der Waals surface area contributed by atoms with Crippen LogP contribution in [0.15, 0.2) is 0 Å². The lowest BCUT2D eigenvalue weighted by atomic mass is 10.00. The number of alkyl halides is 4. The van der Waals surface area contributed by atoms with Crippen LogP contribution in [-0.4, -0.2) is 87.3 Å². The topological polar surface area (TPSA) is 70.2 Å². The van der Waals surface area contributed by atoms with E-state index in [0.717, 1.165) is 9.80 Å². The fourth-order valence-corrected chi connectivity index (χ4v) is 4.71. The van der Waals surface area contributed by atoms with Gasteiger partial charge in [-0.15, -0.1) is 0 Å². The van der Waals surface area contributed by atoms with Crippen LogP contribution < -0.4 is 0 Å². The molecule has 2 aliphatic heterocycles. The molecule has 4 aliphatic rings. The van der Waals surface area contributed by atoms with E-state index in [0.29, 0.717) is 25.7 Å². The van der Waals surface area contributed by atoms with Crippen molar-refractivity contribution in [1.82, 2.24) is 14.7 Å². The minimum atomic E-state index is -4.97. The fourth-order valence-electron chi connectivity index (χ4n) is 4.71. The predicted octanol–water partition coefficient (Wildman–Crippen LogP) is 2.63. The lowest BCUT2D eigenvalue weighted by Gasteiger charge is -2.49. The third kappa shape index (κ3) is 3.95. The Balaban J connectivity index is 1.55. The van der Waals surface area contributed by atoms with E-state index in [2.05, 4.69) is 0 Å². The van der Waals surface area contributed by atoms with Crippen LogP contribution in [-0.2, 0) is 14.3 Å². The van der Waals surface area contributed by atoms with Gasteiger partial charge in [-0.3, -0.25) is 14.5 Å². The van der Waals surface area contributed by atoms with Crippen molar-refractivity contribution in [2.75, 3.05) is 19.6 Å². The van der Waals surface area contributed by atoms with E-state index in [1.165, 1.54) is 4.90 Å². The highest BCUT2D eigenvalue weighted by Gasteiger charge is 2.67. The monoisotopic (exact) mass is 449 g/mol. The molecule has 11 heteroatoms. The highest BCUT2D eigenvalue weighted by Crippen LogP contribution is 2.55. The van der Waals surface area contributed by atoms with E-state index < -0.39 is 53.0 Å². The Morgan fingerprint density at radius 1 is 0.935 bits per heavy atom. The summed E-state index contributed by atoms with van der Waals surface area (Å²) in [5, 5.41) is 0. The van der Waals surface area contributed by atoms with Gasteiger partial charge < -0.3 is 14.5 Å².